The molecule has 0 saturated carbocycles. The van der Waals surface area contributed by atoms with E-state index in [0.29, 0.717) is 55.3 Å². The number of nitrogens with one attached hydrogen (secondary N) is 1. The van der Waals surface area contributed by atoms with E-state index in [1.165, 1.54) is 4.31 Å². The Hall–Kier alpha value is -3.08. The Morgan fingerprint density at radius 3 is 2.06 bits per heavy atom. The lowest BCUT2D eigenvalue weighted by Gasteiger charge is -2.34. The summed E-state index contributed by atoms with van der Waals surface area (Å²) in [6.45, 7) is 4.90. The minimum absolute atomic E-state index is 0.0354. The van der Waals surface area contributed by atoms with Gasteiger partial charge in [-0.05, 0) is 31.2 Å². The molecule has 0 radical (unpaired) electrons. The van der Waals surface area contributed by atoms with Gasteiger partial charge < -0.3 is 5.32 Å². The highest BCUT2D eigenvalue weighted by Gasteiger charge is 2.35. The van der Waals surface area contributed by atoms with Crippen LogP contribution in [-0.2, 0) is 14.8 Å². The Bertz CT molecular complexity index is 1150. The number of imide groups is 1. The maximum Gasteiger partial charge on any atom is 0.261 e. The summed E-state index contributed by atoms with van der Waals surface area (Å²) in [5.41, 5.74) is 1.75. The molecule has 2 heterocycles. The average Bonchev–Trinajstić information content (AvgIpc) is 3.08. The Balaban J connectivity index is 1.17. The van der Waals surface area contributed by atoms with Gasteiger partial charge in [0.05, 0.1) is 16.0 Å². The highest BCUT2D eigenvalue weighted by atomic mass is 32.2. The highest BCUT2D eigenvalue weighted by molar-refractivity contribution is 7.89. The van der Waals surface area contributed by atoms with Crippen molar-refractivity contribution in [3.63, 3.8) is 0 Å². The third-order valence-electron chi connectivity index (χ3n) is 6.18. The number of nitrogens with zero attached hydrogens (tertiary/aromatic N) is 3. The molecule has 2 aromatic carbocycles. The number of carbonyl (C=O) groups excluding carboxylic acids is 3. The number of hydrogen-bond donors (Lipinski definition) is 1. The molecule has 34 heavy (non-hydrogen) atoms. The lowest BCUT2D eigenvalue weighted by Crippen LogP contribution is -2.50. The van der Waals surface area contributed by atoms with Crippen LogP contribution in [0.2, 0.25) is 0 Å². The Morgan fingerprint density at radius 2 is 1.47 bits per heavy atom. The van der Waals surface area contributed by atoms with Crippen LogP contribution in [0.3, 0.4) is 0 Å². The highest BCUT2D eigenvalue weighted by Crippen LogP contribution is 2.22. The van der Waals surface area contributed by atoms with Crippen molar-refractivity contribution >= 4 is 27.7 Å². The maximum atomic E-state index is 12.8. The van der Waals surface area contributed by atoms with Crippen molar-refractivity contribution in [2.45, 2.75) is 18.2 Å². The van der Waals surface area contributed by atoms with E-state index >= 15 is 0 Å². The molecule has 0 spiro atoms. The first kappa shape index (κ1) is 24.1. The Labute approximate surface area is 199 Å². The van der Waals surface area contributed by atoms with Crippen LogP contribution in [0.25, 0.3) is 0 Å². The summed E-state index contributed by atoms with van der Waals surface area (Å²) in [5.74, 6) is -0.976. The summed E-state index contributed by atoms with van der Waals surface area (Å²) in [7, 11) is -3.50. The number of carbonyl (C=O) groups is 3. The predicted molar refractivity (Wildman–Crippen MR) is 126 cm³/mol. The van der Waals surface area contributed by atoms with Gasteiger partial charge in [0.15, 0.2) is 0 Å². The Morgan fingerprint density at radius 1 is 0.882 bits per heavy atom. The van der Waals surface area contributed by atoms with Gasteiger partial charge >= 0.3 is 0 Å². The molecule has 2 aliphatic rings. The van der Waals surface area contributed by atoms with E-state index in [4.69, 9.17) is 0 Å². The van der Waals surface area contributed by atoms with Crippen LogP contribution in [0.1, 0.15) is 32.7 Å². The SMILES string of the molecule is Cc1ccc(S(=O)(=O)N2CCN(CCNC(=O)CCN3C(=O)c4ccccc4C3=O)CC2)cc1. The molecule has 0 aromatic heterocycles. The van der Waals surface area contributed by atoms with Crippen molar-refractivity contribution in [1.29, 1.82) is 0 Å². The zero-order chi connectivity index (χ0) is 24.3. The van der Waals surface area contributed by atoms with Crippen LogP contribution >= 0.6 is 0 Å². The first-order chi connectivity index (χ1) is 16.3. The molecule has 0 aliphatic carbocycles. The minimum atomic E-state index is -3.50. The van der Waals surface area contributed by atoms with E-state index in [-0.39, 0.29) is 30.7 Å². The molecule has 9 nitrogen and oxygen atoms in total. The summed E-state index contributed by atoms with van der Waals surface area (Å²) in [6.07, 6.45) is 0.0358. The second kappa shape index (κ2) is 10.0. The number of piperazine rings is 1. The molecule has 2 aromatic rings. The molecule has 1 N–H and O–H groups in total. The van der Waals surface area contributed by atoms with E-state index < -0.39 is 10.0 Å². The molecule has 4 rings (SSSR count). The van der Waals surface area contributed by atoms with Gasteiger partial charge in [-0.15, -0.1) is 0 Å². The lowest BCUT2D eigenvalue weighted by molar-refractivity contribution is -0.121. The number of amides is 3. The zero-order valence-electron chi connectivity index (χ0n) is 19.1. The molecular weight excluding hydrogens is 456 g/mol. The molecular formula is C24H28N4O5S. The summed E-state index contributed by atoms with van der Waals surface area (Å²) in [6, 6.07) is 13.5. The number of benzene rings is 2. The van der Waals surface area contributed by atoms with E-state index in [0.717, 1.165) is 10.5 Å². The normalized spacial score (nSPS) is 17.1. The smallest absolute Gasteiger partial charge is 0.261 e. The monoisotopic (exact) mass is 484 g/mol. The van der Waals surface area contributed by atoms with E-state index in [9.17, 15) is 22.8 Å². The molecule has 0 atom stereocenters. The van der Waals surface area contributed by atoms with Crippen LogP contribution in [0.5, 0.6) is 0 Å². The van der Waals surface area contributed by atoms with Crippen LogP contribution in [0, 0.1) is 6.92 Å². The zero-order valence-corrected chi connectivity index (χ0v) is 19.9. The Kier molecular flexibility index (Phi) is 7.11. The summed E-state index contributed by atoms with van der Waals surface area (Å²) in [4.78, 5) is 40.5. The fraction of sp³-hybridized carbons (Fsp3) is 0.375. The molecule has 10 heteroatoms. The maximum absolute atomic E-state index is 12.8. The van der Waals surface area contributed by atoms with Crippen molar-refractivity contribution in [2.24, 2.45) is 0 Å². The van der Waals surface area contributed by atoms with Crippen LogP contribution < -0.4 is 5.32 Å². The number of sulfonamides is 1. The first-order valence-corrected chi connectivity index (χ1v) is 12.7. The van der Waals surface area contributed by atoms with E-state index in [1.54, 1.807) is 48.5 Å². The standard InChI is InChI=1S/C24H28N4O5S/c1-18-6-8-19(9-7-18)34(32,33)27-16-14-26(15-17-27)13-11-25-22(29)10-12-28-23(30)20-4-2-3-5-21(20)24(28)31/h2-9H,10-17H2,1H3,(H,25,29). The van der Waals surface area contributed by atoms with Crippen molar-refractivity contribution in [3.8, 4) is 0 Å². The van der Waals surface area contributed by atoms with Gasteiger partial charge in [0, 0.05) is 52.2 Å². The van der Waals surface area contributed by atoms with Gasteiger partial charge in [-0.3, -0.25) is 24.2 Å². The molecule has 0 unspecified atom stereocenters. The molecule has 3 amide bonds. The number of aryl methyl sites for hydroxylation is 1. The van der Waals surface area contributed by atoms with Gasteiger partial charge in [0.25, 0.3) is 11.8 Å². The van der Waals surface area contributed by atoms with Gasteiger partial charge in [-0.1, -0.05) is 29.8 Å². The molecule has 1 fully saturated rings. The summed E-state index contributed by atoms with van der Waals surface area (Å²) >= 11 is 0. The fourth-order valence-electron chi connectivity index (χ4n) is 4.15. The first-order valence-electron chi connectivity index (χ1n) is 11.3. The van der Waals surface area contributed by atoms with Gasteiger partial charge in [-0.2, -0.15) is 4.31 Å². The van der Waals surface area contributed by atoms with Gasteiger partial charge in [0.1, 0.15) is 0 Å². The fourth-order valence-corrected chi connectivity index (χ4v) is 5.57. The van der Waals surface area contributed by atoms with E-state index in [2.05, 4.69) is 10.2 Å². The second-order valence-corrected chi connectivity index (χ2v) is 10.4. The third-order valence-corrected chi connectivity index (χ3v) is 8.09. The lowest BCUT2D eigenvalue weighted by atomic mass is 10.1. The minimum Gasteiger partial charge on any atom is -0.355 e. The number of rotatable bonds is 8. The van der Waals surface area contributed by atoms with Crippen molar-refractivity contribution < 1.29 is 22.8 Å². The average molecular weight is 485 g/mol. The largest absolute Gasteiger partial charge is 0.355 e. The van der Waals surface area contributed by atoms with Gasteiger partial charge in [-0.25, -0.2) is 8.42 Å². The van der Waals surface area contributed by atoms with Crippen LogP contribution in [-0.4, -0.2) is 86.1 Å². The molecule has 180 valence electrons. The van der Waals surface area contributed by atoms with Crippen molar-refractivity contribution in [3.05, 3.63) is 65.2 Å². The molecule has 2 aliphatic heterocycles. The number of hydrogen-bond acceptors (Lipinski definition) is 6. The molecule has 1 saturated heterocycles. The third kappa shape index (κ3) is 5.03. The topological polar surface area (TPSA) is 107 Å². The second-order valence-electron chi connectivity index (χ2n) is 8.47. The van der Waals surface area contributed by atoms with E-state index in [1.807, 2.05) is 6.92 Å². The molecule has 0 bridgehead atoms. The summed E-state index contributed by atoms with van der Waals surface area (Å²) < 4.78 is 27.1. The van der Waals surface area contributed by atoms with Crippen LogP contribution in [0.4, 0.5) is 0 Å². The summed E-state index contributed by atoms with van der Waals surface area (Å²) in [5, 5.41) is 2.82. The van der Waals surface area contributed by atoms with Gasteiger partial charge in [0.2, 0.25) is 15.9 Å². The van der Waals surface area contributed by atoms with Crippen molar-refractivity contribution in [1.82, 2.24) is 19.4 Å². The number of fused-ring (bicyclic) bond motifs is 1. The van der Waals surface area contributed by atoms with Crippen molar-refractivity contribution in [2.75, 3.05) is 45.8 Å². The van der Waals surface area contributed by atoms with Crippen LogP contribution in [0.15, 0.2) is 53.4 Å². The predicted octanol–water partition coefficient (Wildman–Crippen LogP) is 1.10. The quantitative estimate of drug-likeness (QED) is 0.563.